The molecule has 7 nitrogen and oxygen atoms in total. The second-order valence-corrected chi connectivity index (χ2v) is 11.1. The topological polar surface area (TPSA) is 80.5 Å². The smallest absolute Gasteiger partial charge is 0.213 e. The Morgan fingerprint density at radius 3 is 2.70 bits per heavy atom. The first-order valence-electron chi connectivity index (χ1n) is 13.7. The van der Waals surface area contributed by atoms with Crippen molar-refractivity contribution in [2.75, 3.05) is 46.1 Å². The van der Waals surface area contributed by atoms with E-state index in [2.05, 4.69) is 22.0 Å². The molecule has 0 spiro atoms. The molecule has 5 rings (SSSR count). The lowest BCUT2D eigenvalue weighted by Gasteiger charge is -2.36. The molecule has 0 atom stereocenters. The van der Waals surface area contributed by atoms with Gasteiger partial charge in [-0.25, -0.2) is 4.98 Å². The van der Waals surface area contributed by atoms with Gasteiger partial charge in [-0.3, -0.25) is 9.88 Å². The van der Waals surface area contributed by atoms with Gasteiger partial charge in [0.25, 0.3) is 0 Å². The molecule has 198 valence electrons. The highest BCUT2D eigenvalue weighted by Gasteiger charge is 2.34. The van der Waals surface area contributed by atoms with Gasteiger partial charge in [0.2, 0.25) is 5.88 Å². The molecule has 1 aliphatic carbocycles. The number of hydrogen-bond donors (Lipinski definition) is 0. The molecule has 2 saturated heterocycles. The zero-order chi connectivity index (χ0) is 25.5. The van der Waals surface area contributed by atoms with Crippen LogP contribution in [0.15, 0.2) is 30.5 Å². The van der Waals surface area contributed by atoms with Crippen molar-refractivity contribution < 1.29 is 14.2 Å². The lowest BCUT2D eigenvalue weighted by Crippen LogP contribution is -2.39. The van der Waals surface area contributed by atoms with Gasteiger partial charge in [0.15, 0.2) is 0 Å². The molecular formula is C29H37ClN4O3. The SMILES string of the molecule is N#CC1(COc2cccc(-c3cc(CC4CCC(N5CCCOCC5)CC4)ncc3Cl)n2)CCOCC1. The van der Waals surface area contributed by atoms with E-state index in [0.717, 1.165) is 49.6 Å². The quantitative estimate of drug-likeness (QED) is 0.485. The van der Waals surface area contributed by atoms with Crippen molar-refractivity contribution in [2.45, 2.75) is 57.4 Å². The van der Waals surface area contributed by atoms with Gasteiger partial charge in [-0.2, -0.15) is 5.26 Å². The van der Waals surface area contributed by atoms with Gasteiger partial charge < -0.3 is 14.2 Å². The highest BCUT2D eigenvalue weighted by Crippen LogP contribution is 2.34. The van der Waals surface area contributed by atoms with E-state index in [1.54, 1.807) is 6.20 Å². The van der Waals surface area contributed by atoms with Crippen LogP contribution >= 0.6 is 11.6 Å². The average Bonchev–Trinajstić information content (AvgIpc) is 3.24. The highest BCUT2D eigenvalue weighted by atomic mass is 35.5. The van der Waals surface area contributed by atoms with Crippen LogP contribution in [0.25, 0.3) is 11.3 Å². The summed E-state index contributed by atoms with van der Waals surface area (Å²) >= 11 is 6.57. The normalized spacial score (nSPS) is 24.6. The van der Waals surface area contributed by atoms with Crippen molar-refractivity contribution in [1.82, 2.24) is 14.9 Å². The summed E-state index contributed by atoms with van der Waals surface area (Å²) < 4.78 is 17.1. The molecule has 3 fully saturated rings. The molecule has 1 saturated carbocycles. The molecule has 0 radical (unpaired) electrons. The number of ether oxygens (including phenoxy) is 3. The molecule has 4 heterocycles. The highest BCUT2D eigenvalue weighted by molar-refractivity contribution is 6.33. The Morgan fingerprint density at radius 1 is 1.08 bits per heavy atom. The third-order valence-corrected chi connectivity index (χ3v) is 8.48. The van der Waals surface area contributed by atoms with E-state index in [1.807, 2.05) is 18.2 Å². The molecule has 37 heavy (non-hydrogen) atoms. The third kappa shape index (κ3) is 6.80. The maximum absolute atomic E-state index is 9.71. The van der Waals surface area contributed by atoms with E-state index < -0.39 is 5.41 Å². The number of halogens is 1. The second-order valence-electron chi connectivity index (χ2n) is 10.7. The maximum Gasteiger partial charge on any atom is 0.213 e. The lowest BCUT2D eigenvalue weighted by atomic mass is 9.82. The number of aromatic nitrogens is 2. The van der Waals surface area contributed by atoms with Crippen LogP contribution in [-0.4, -0.2) is 67.0 Å². The molecule has 0 bridgehead atoms. The minimum atomic E-state index is -0.516. The van der Waals surface area contributed by atoms with E-state index in [9.17, 15) is 5.26 Å². The largest absolute Gasteiger partial charge is 0.476 e. The average molecular weight is 525 g/mol. The second kappa shape index (κ2) is 12.5. The Labute approximate surface area is 225 Å². The molecular weight excluding hydrogens is 488 g/mol. The Morgan fingerprint density at radius 2 is 1.89 bits per heavy atom. The summed E-state index contributed by atoms with van der Waals surface area (Å²) in [6, 6.07) is 10.9. The Kier molecular flexibility index (Phi) is 8.93. The summed E-state index contributed by atoms with van der Waals surface area (Å²) in [5.41, 5.74) is 2.18. The van der Waals surface area contributed by atoms with Crippen molar-refractivity contribution in [2.24, 2.45) is 11.3 Å². The zero-order valence-corrected chi connectivity index (χ0v) is 22.3. The summed E-state index contributed by atoms with van der Waals surface area (Å²) in [4.78, 5) is 12.0. The van der Waals surface area contributed by atoms with Crippen LogP contribution in [0.5, 0.6) is 5.88 Å². The molecule has 0 N–H and O–H groups in total. The predicted molar refractivity (Wildman–Crippen MR) is 143 cm³/mol. The number of hydrogen-bond acceptors (Lipinski definition) is 7. The molecule has 0 aromatic carbocycles. The minimum Gasteiger partial charge on any atom is -0.476 e. The summed E-state index contributed by atoms with van der Waals surface area (Å²) in [6.07, 6.45) is 10.2. The first kappa shape index (κ1) is 26.4. The van der Waals surface area contributed by atoms with Crippen LogP contribution in [0.1, 0.15) is 50.6 Å². The van der Waals surface area contributed by atoms with Gasteiger partial charge in [-0.05, 0) is 69.4 Å². The number of rotatable bonds is 7. The summed E-state index contributed by atoms with van der Waals surface area (Å²) in [6.45, 7) is 5.50. The van der Waals surface area contributed by atoms with Crippen LogP contribution in [0, 0.1) is 22.7 Å². The molecule has 0 amide bonds. The lowest BCUT2D eigenvalue weighted by molar-refractivity contribution is 0.0183. The molecule has 2 aromatic rings. The van der Waals surface area contributed by atoms with E-state index >= 15 is 0 Å². The van der Waals surface area contributed by atoms with Crippen molar-refractivity contribution in [1.29, 1.82) is 5.26 Å². The predicted octanol–water partition coefficient (Wildman–Crippen LogP) is 5.32. The van der Waals surface area contributed by atoms with Gasteiger partial charge >= 0.3 is 0 Å². The Balaban J connectivity index is 1.21. The van der Waals surface area contributed by atoms with Gasteiger partial charge in [-0.15, -0.1) is 0 Å². The molecule has 2 aliphatic heterocycles. The van der Waals surface area contributed by atoms with E-state index in [0.29, 0.717) is 55.5 Å². The number of nitriles is 1. The van der Waals surface area contributed by atoms with Crippen molar-refractivity contribution >= 4 is 11.6 Å². The van der Waals surface area contributed by atoms with Gasteiger partial charge in [0.05, 0.1) is 28.8 Å². The van der Waals surface area contributed by atoms with E-state index in [1.165, 1.54) is 32.2 Å². The third-order valence-electron chi connectivity index (χ3n) is 8.18. The van der Waals surface area contributed by atoms with Crippen LogP contribution in [-0.2, 0) is 15.9 Å². The Hall–Kier alpha value is -2.24. The Bertz CT molecular complexity index is 1070. The minimum absolute atomic E-state index is 0.311. The number of nitrogens with zero attached hydrogens (tertiary/aromatic N) is 4. The molecule has 3 aliphatic rings. The zero-order valence-electron chi connectivity index (χ0n) is 21.5. The van der Waals surface area contributed by atoms with E-state index in [-0.39, 0.29) is 0 Å². The molecule has 0 unspecified atom stereocenters. The van der Waals surface area contributed by atoms with Crippen LogP contribution in [0.3, 0.4) is 0 Å². The van der Waals surface area contributed by atoms with Gasteiger partial charge in [-0.1, -0.05) is 17.7 Å². The summed E-state index contributed by atoms with van der Waals surface area (Å²) in [5, 5.41) is 10.3. The summed E-state index contributed by atoms with van der Waals surface area (Å²) in [7, 11) is 0. The monoisotopic (exact) mass is 524 g/mol. The van der Waals surface area contributed by atoms with Gasteiger partial charge in [0, 0.05) is 62.5 Å². The summed E-state index contributed by atoms with van der Waals surface area (Å²) in [5.74, 6) is 1.15. The first-order chi connectivity index (χ1) is 18.1. The molecule has 8 heteroatoms. The van der Waals surface area contributed by atoms with Crippen LogP contribution < -0.4 is 4.74 Å². The molecule has 2 aromatic heterocycles. The first-order valence-corrected chi connectivity index (χ1v) is 14.1. The number of pyridine rings is 2. The van der Waals surface area contributed by atoms with Crippen molar-refractivity contribution in [3.8, 4) is 23.2 Å². The maximum atomic E-state index is 9.71. The standard InChI is InChI=1S/C29H37ClN4O3/c30-26-19-32-23(17-22-5-7-24(8-6-22)34-11-2-13-35-16-12-34)18-25(26)27-3-1-4-28(33-27)37-21-29(20-31)9-14-36-15-10-29/h1,3-4,18-19,22,24H,2,5-17,21H2. The fraction of sp³-hybridized carbons (Fsp3) is 0.621. The van der Waals surface area contributed by atoms with E-state index in [4.69, 9.17) is 30.8 Å². The van der Waals surface area contributed by atoms with Crippen LogP contribution in [0.4, 0.5) is 0 Å². The van der Waals surface area contributed by atoms with Crippen LogP contribution in [0.2, 0.25) is 5.02 Å². The van der Waals surface area contributed by atoms with Gasteiger partial charge in [0.1, 0.15) is 6.61 Å². The fourth-order valence-electron chi connectivity index (χ4n) is 5.84. The fourth-order valence-corrected chi connectivity index (χ4v) is 6.04. The van der Waals surface area contributed by atoms with Crippen molar-refractivity contribution in [3.63, 3.8) is 0 Å². The van der Waals surface area contributed by atoms with Crippen molar-refractivity contribution in [3.05, 3.63) is 41.2 Å².